The van der Waals surface area contributed by atoms with Crippen LogP contribution in [0.1, 0.15) is 31.2 Å². The molecule has 18 heavy (non-hydrogen) atoms. The van der Waals surface area contributed by atoms with Gasteiger partial charge in [-0.3, -0.25) is 0 Å². The molecule has 0 N–H and O–H groups in total. The Labute approximate surface area is 103 Å². The highest BCUT2D eigenvalue weighted by atomic mass is 19.1. The third kappa shape index (κ3) is 2.02. The van der Waals surface area contributed by atoms with E-state index in [1.165, 1.54) is 13.2 Å². The molecular weight excluding hydrogens is 240 g/mol. The lowest BCUT2D eigenvalue weighted by atomic mass is 9.88. The molecule has 0 bridgehead atoms. The van der Waals surface area contributed by atoms with E-state index in [0.29, 0.717) is 12.8 Å². The van der Waals surface area contributed by atoms with E-state index in [9.17, 15) is 13.6 Å². The summed E-state index contributed by atoms with van der Waals surface area (Å²) in [6.45, 7) is 0. The van der Waals surface area contributed by atoms with Crippen LogP contribution >= 0.6 is 0 Å². The van der Waals surface area contributed by atoms with Crippen LogP contribution in [0.2, 0.25) is 0 Å². The summed E-state index contributed by atoms with van der Waals surface area (Å²) in [5.41, 5.74) is -1.24. The van der Waals surface area contributed by atoms with Gasteiger partial charge < -0.3 is 4.74 Å². The third-order valence-electron chi connectivity index (χ3n) is 3.41. The summed E-state index contributed by atoms with van der Waals surface area (Å²) in [5.74, 6) is -1.35. The minimum Gasteiger partial charge on any atom is -0.497 e. The summed E-state index contributed by atoms with van der Waals surface area (Å²) in [6.07, 6.45) is 3.94. The van der Waals surface area contributed by atoms with Crippen molar-refractivity contribution in [1.29, 1.82) is 0 Å². The fourth-order valence-corrected chi connectivity index (χ4v) is 2.58. The van der Waals surface area contributed by atoms with Crippen molar-refractivity contribution < 1.29 is 18.3 Å². The second-order valence-corrected chi connectivity index (χ2v) is 4.41. The number of benzene rings is 1. The SMILES string of the molecule is COc1cc(F)c(C2(N=C=O)CCCC2)c(F)c1. The van der Waals surface area contributed by atoms with Gasteiger partial charge in [-0.2, -0.15) is 4.99 Å². The summed E-state index contributed by atoms with van der Waals surface area (Å²) in [4.78, 5) is 14.2. The molecule has 0 aliphatic heterocycles. The Morgan fingerprint density at radius 2 is 1.83 bits per heavy atom. The monoisotopic (exact) mass is 253 g/mol. The highest BCUT2D eigenvalue weighted by Gasteiger charge is 2.40. The number of nitrogens with zero attached hydrogens (tertiary/aromatic N) is 1. The number of halogens is 2. The van der Waals surface area contributed by atoms with Crippen LogP contribution in [0.3, 0.4) is 0 Å². The lowest BCUT2D eigenvalue weighted by Crippen LogP contribution is -2.22. The molecule has 1 aromatic rings. The molecule has 0 unspecified atom stereocenters. The van der Waals surface area contributed by atoms with Gasteiger partial charge in [-0.25, -0.2) is 13.6 Å². The van der Waals surface area contributed by atoms with Crippen LogP contribution in [0.25, 0.3) is 0 Å². The predicted octanol–water partition coefficient (Wildman–Crippen LogP) is 3.08. The fraction of sp³-hybridized carbons (Fsp3) is 0.462. The number of rotatable bonds is 3. The van der Waals surface area contributed by atoms with Crippen molar-refractivity contribution in [3.63, 3.8) is 0 Å². The zero-order valence-electron chi connectivity index (χ0n) is 10.0. The van der Waals surface area contributed by atoms with E-state index in [-0.39, 0.29) is 11.3 Å². The van der Waals surface area contributed by atoms with Gasteiger partial charge in [0.25, 0.3) is 0 Å². The van der Waals surface area contributed by atoms with Crippen molar-refractivity contribution in [1.82, 2.24) is 0 Å². The van der Waals surface area contributed by atoms with Gasteiger partial charge in [-0.05, 0) is 12.8 Å². The number of ether oxygens (including phenoxy) is 1. The maximum absolute atomic E-state index is 14.0. The Kier molecular flexibility index (Phi) is 3.43. The maximum atomic E-state index is 14.0. The number of carbonyl (C=O) groups excluding carboxylic acids is 1. The zero-order valence-corrected chi connectivity index (χ0v) is 10.0. The molecule has 1 aromatic carbocycles. The molecule has 0 heterocycles. The highest BCUT2D eigenvalue weighted by molar-refractivity contribution is 5.41. The van der Waals surface area contributed by atoms with Crippen molar-refractivity contribution in [2.75, 3.05) is 7.11 Å². The molecule has 0 atom stereocenters. The minimum atomic E-state index is -1.10. The summed E-state index contributed by atoms with van der Waals surface area (Å²) in [6, 6.07) is 2.22. The van der Waals surface area contributed by atoms with E-state index < -0.39 is 17.2 Å². The van der Waals surface area contributed by atoms with Crippen LogP contribution in [0.4, 0.5) is 8.78 Å². The van der Waals surface area contributed by atoms with E-state index in [2.05, 4.69) is 4.99 Å². The first-order valence-corrected chi connectivity index (χ1v) is 5.75. The lowest BCUT2D eigenvalue weighted by molar-refractivity contribution is 0.383. The second kappa shape index (κ2) is 4.86. The van der Waals surface area contributed by atoms with Crippen molar-refractivity contribution in [3.05, 3.63) is 29.3 Å². The Bertz CT molecular complexity index is 481. The van der Waals surface area contributed by atoms with Crippen LogP contribution in [0, 0.1) is 11.6 Å². The number of aliphatic imine (C=N–C) groups is 1. The summed E-state index contributed by atoms with van der Waals surface area (Å²) in [7, 11) is 1.34. The van der Waals surface area contributed by atoms with Gasteiger partial charge in [0.05, 0.1) is 12.7 Å². The molecule has 96 valence electrons. The summed E-state index contributed by atoms with van der Waals surface area (Å²) >= 11 is 0. The maximum Gasteiger partial charge on any atom is 0.235 e. The third-order valence-corrected chi connectivity index (χ3v) is 3.41. The van der Waals surface area contributed by atoms with Crippen molar-refractivity contribution in [2.45, 2.75) is 31.2 Å². The molecule has 0 aromatic heterocycles. The first-order chi connectivity index (χ1) is 8.63. The first kappa shape index (κ1) is 12.7. The predicted molar refractivity (Wildman–Crippen MR) is 61.2 cm³/mol. The molecule has 3 nitrogen and oxygen atoms in total. The van der Waals surface area contributed by atoms with Crippen molar-refractivity contribution >= 4 is 6.08 Å². The number of hydrogen-bond donors (Lipinski definition) is 0. The van der Waals surface area contributed by atoms with E-state index in [1.54, 1.807) is 0 Å². The lowest BCUT2D eigenvalue weighted by Gasteiger charge is -2.24. The van der Waals surface area contributed by atoms with Crippen molar-refractivity contribution in [3.8, 4) is 5.75 Å². The summed E-state index contributed by atoms with van der Waals surface area (Å²) < 4.78 is 32.8. The molecule has 1 aliphatic carbocycles. The van der Waals surface area contributed by atoms with E-state index in [1.807, 2.05) is 0 Å². The van der Waals surface area contributed by atoms with Crippen LogP contribution in [-0.4, -0.2) is 13.2 Å². The Morgan fingerprint density at radius 1 is 1.28 bits per heavy atom. The van der Waals surface area contributed by atoms with E-state index in [4.69, 9.17) is 4.74 Å². The van der Waals surface area contributed by atoms with E-state index in [0.717, 1.165) is 25.0 Å². The summed E-state index contributed by atoms with van der Waals surface area (Å²) in [5, 5.41) is 0. The molecule has 1 fully saturated rings. The van der Waals surface area contributed by atoms with Crippen LogP contribution in [-0.2, 0) is 10.3 Å². The molecular formula is C13H13F2NO2. The average Bonchev–Trinajstić information content (AvgIpc) is 2.77. The largest absolute Gasteiger partial charge is 0.497 e. The number of hydrogen-bond acceptors (Lipinski definition) is 3. The van der Waals surface area contributed by atoms with Crippen LogP contribution in [0.15, 0.2) is 17.1 Å². The molecule has 1 aliphatic rings. The minimum absolute atomic E-state index is 0.108. The quantitative estimate of drug-likeness (QED) is 0.613. The molecule has 5 heteroatoms. The molecule has 0 amide bonds. The molecule has 0 radical (unpaired) electrons. The Hall–Kier alpha value is -1.74. The van der Waals surface area contributed by atoms with Gasteiger partial charge in [0.2, 0.25) is 6.08 Å². The Balaban J connectivity index is 2.58. The molecule has 2 rings (SSSR count). The van der Waals surface area contributed by atoms with Crippen LogP contribution < -0.4 is 4.74 Å². The average molecular weight is 253 g/mol. The number of isocyanates is 1. The van der Waals surface area contributed by atoms with Gasteiger partial charge in [-0.1, -0.05) is 12.8 Å². The first-order valence-electron chi connectivity index (χ1n) is 5.75. The van der Waals surface area contributed by atoms with Gasteiger partial charge in [-0.15, -0.1) is 0 Å². The Morgan fingerprint density at radius 3 is 2.28 bits per heavy atom. The van der Waals surface area contributed by atoms with Gasteiger partial charge in [0.15, 0.2) is 0 Å². The fourth-order valence-electron chi connectivity index (χ4n) is 2.58. The number of methoxy groups -OCH3 is 1. The van der Waals surface area contributed by atoms with Crippen LogP contribution in [0.5, 0.6) is 5.75 Å². The topological polar surface area (TPSA) is 38.7 Å². The smallest absolute Gasteiger partial charge is 0.235 e. The molecule has 1 saturated carbocycles. The van der Waals surface area contributed by atoms with Crippen molar-refractivity contribution in [2.24, 2.45) is 4.99 Å². The normalized spacial score (nSPS) is 17.3. The van der Waals surface area contributed by atoms with E-state index >= 15 is 0 Å². The molecule has 0 spiro atoms. The highest BCUT2D eigenvalue weighted by Crippen LogP contribution is 2.44. The van der Waals surface area contributed by atoms with Gasteiger partial charge in [0, 0.05) is 12.1 Å². The second-order valence-electron chi connectivity index (χ2n) is 4.41. The molecule has 0 saturated heterocycles. The zero-order chi connectivity index (χ0) is 13.2. The van der Waals surface area contributed by atoms with Gasteiger partial charge in [0.1, 0.15) is 22.9 Å². The van der Waals surface area contributed by atoms with Gasteiger partial charge >= 0.3 is 0 Å². The standard InChI is InChI=1S/C13H13F2NO2/c1-18-9-6-10(14)12(11(15)7-9)13(16-8-17)4-2-3-5-13/h6-7H,2-5H2,1H3.